The van der Waals surface area contributed by atoms with Crippen molar-refractivity contribution in [1.29, 1.82) is 0 Å². The van der Waals surface area contributed by atoms with Crippen LogP contribution in [-0.4, -0.2) is 74.2 Å². The van der Waals surface area contributed by atoms with E-state index in [-0.39, 0.29) is 17.0 Å². The molecule has 6 unspecified atom stereocenters. The van der Waals surface area contributed by atoms with Gasteiger partial charge in [0.25, 0.3) is 0 Å². The van der Waals surface area contributed by atoms with E-state index in [4.69, 9.17) is 20.3 Å². The van der Waals surface area contributed by atoms with E-state index in [9.17, 15) is 33.7 Å². The van der Waals surface area contributed by atoms with Crippen LogP contribution in [0.25, 0.3) is 11.2 Å². The van der Waals surface area contributed by atoms with Gasteiger partial charge in [-0.25, -0.2) is 28.6 Å². The number of nitrogens with zero attached hydrogens (tertiary/aromatic N) is 4. The van der Waals surface area contributed by atoms with Crippen LogP contribution in [0.2, 0.25) is 0 Å². The molecule has 1 aliphatic heterocycles. The Bertz CT molecular complexity index is 1110. The molecule has 0 spiro atoms. The molecular formula is C10H16N5O12P3S. The minimum absolute atomic E-state index is 0.0564. The molecule has 3 rings (SSSR count). The number of aliphatic hydroxyl groups is 2. The van der Waals surface area contributed by atoms with E-state index in [0.717, 1.165) is 6.33 Å². The summed E-state index contributed by atoms with van der Waals surface area (Å²) in [6.45, 7) is -11.2. The van der Waals surface area contributed by atoms with Gasteiger partial charge in [-0.1, -0.05) is 0 Å². The number of fused-ring (bicyclic) bond motifs is 1. The molecule has 0 saturated carbocycles. The van der Waals surface area contributed by atoms with Gasteiger partial charge in [0, 0.05) is 0 Å². The molecule has 0 aliphatic carbocycles. The Morgan fingerprint density at radius 1 is 1.10 bits per heavy atom. The maximum Gasteiger partial charge on any atom is 0.477 e. The van der Waals surface area contributed by atoms with Crippen LogP contribution in [-0.2, 0) is 27.3 Å². The Balaban J connectivity index is 1.69. The summed E-state index contributed by atoms with van der Waals surface area (Å²) in [6.07, 6.45) is -3.48. The molecule has 0 radical (unpaired) electrons. The Labute approximate surface area is 176 Å². The third kappa shape index (κ3) is 5.89. The molecule has 17 nitrogen and oxygen atoms in total. The van der Waals surface area contributed by atoms with Crippen LogP contribution in [0.5, 0.6) is 0 Å². The van der Waals surface area contributed by atoms with Gasteiger partial charge in [-0.2, -0.15) is 4.31 Å². The lowest BCUT2D eigenvalue weighted by atomic mass is 10.1. The molecule has 1 saturated heterocycles. The third-order valence-electron chi connectivity index (χ3n) is 3.82. The Morgan fingerprint density at radius 3 is 2.42 bits per heavy atom. The molecular weight excluding hydrogens is 507 g/mol. The van der Waals surface area contributed by atoms with Gasteiger partial charge >= 0.3 is 21.4 Å². The molecule has 0 bridgehead atoms. The number of hydrogen-bond donors (Lipinski definition) is 7. The average molecular weight is 523 g/mol. The molecule has 21 heteroatoms. The van der Waals surface area contributed by atoms with Gasteiger partial charge in [0.05, 0.1) is 23.9 Å². The van der Waals surface area contributed by atoms with Gasteiger partial charge in [-0.3, -0.25) is 9.09 Å². The summed E-state index contributed by atoms with van der Waals surface area (Å²) in [5.74, 6) is 0.0564. The van der Waals surface area contributed by atoms with Crippen molar-refractivity contribution in [3.63, 3.8) is 0 Å². The van der Waals surface area contributed by atoms with E-state index < -0.39 is 63.6 Å². The van der Waals surface area contributed by atoms with Gasteiger partial charge in [0.15, 0.2) is 17.7 Å². The van der Waals surface area contributed by atoms with Crippen molar-refractivity contribution in [2.75, 3.05) is 12.3 Å². The van der Waals surface area contributed by atoms with Crippen LogP contribution in [0.3, 0.4) is 0 Å². The van der Waals surface area contributed by atoms with E-state index in [1.54, 1.807) is 0 Å². The number of rotatable bonds is 8. The molecule has 2 aromatic rings. The van der Waals surface area contributed by atoms with Crippen LogP contribution in [0.4, 0.5) is 5.82 Å². The summed E-state index contributed by atoms with van der Waals surface area (Å²) >= 11 is -0.742. The normalized spacial score (nSPS) is 28.5. The summed E-state index contributed by atoms with van der Waals surface area (Å²) < 4.78 is 49.0. The zero-order valence-corrected chi connectivity index (χ0v) is 18.4. The quantitative estimate of drug-likeness (QED) is 0.206. The molecule has 174 valence electrons. The number of hydrogen-bond acceptors (Lipinski definition) is 13. The van der Waals surface area contributed by atoms with Crippen molar-refractivity contribution in [2.24, 2.45) is 0 Å². The molecule has 0 amide bonds. The lowest BCUT2D eigenvalue weighted by Crippen LogP contribution is -2.33. The highest BCUT2D eigenvalue weighted by Gasteiger charge is 2.46. The van der Waals surface area contributed by atoms with Crippen molar-refractivity contribution in [3.05, 3.63) is 12.7 Å². The van der Waals surface area contributed by atoms with Crippen molar-refractivity contribution in [2.45, 2.75) is 24.5 Å². The van der Waals surface area contributed by atoms with Crippen molar-refractivity contribution in [3.8, 4) is 0 Å². The first kappa shape index (κ1) is 24.7. The van der Waals surface area contributed by atoms with Crippen LogP contribution < -0.4 is 5.73 Å². The summed E-state index contributed by atoms with van der Waals surface area (Å²) in [4.78, 5) is 47.8. The first-order chi connectivity index (χ1) is 14.2. The maximum absolute atomic E-state index is 12.0. The Kier molecular flexibility index (Phi) is 6.97. The predicted octanol–water partition coefficient (Wildman–Crippen LogP) is -0.912. The van der Waals surface area contributed by atoms with Crippen molar-refractivity contribution < 1.29 is 57.1 Å². The van der Waals surface area contributed by atoms with Crippen LogP contribution in [0, 0.1) is 0 Å². The molecule has 6 atom stereocenters. The topological polar surface area (TPSA) is 270 Å². The van der Waals surface area contributed by atoms with E-state index in [1.165, 1.54) is 10.9 Å². The standard InChI is InChI=1S/C10H16N5O12P3S/c11-8-5-9(13-2-12-8)15(3-14-5)10-7(17)6(16)4(26-10)1-25-29(21,22)31-30(23,24)27-28(18,19)20/h2-4,6-7,10,16-17H,1H2,(H,21,22)(H,23,24)(H2,11,12,13)(H2,18,19,20). The molecule has 31 heavy (non-hydrogen) atoms. The Hall–Kier alpha value is -0.970. The molecule has 1 aliphatic rings. The summed E-state index contributed by atoms with van der Waals surface area (Å²) in [5.41, 5.74) is 6.05. The van der Waals surface area contributed by atoms with Crippen LogP contribution in [0.1, 0.15) is 6.23 Å². The Morgan fingerprint density at radius 2 is 1.77 bits per heavy atom. The van der Waals surface area contributed by atoms with Gasteiger partial charge in [-0.15, -0.1) is 0 Å². The highest BCUT2D eigenvalue weighted by Crippen LogP contribution is 2.78. The summed E-state index contributed by atoms with van der Waals surface area (Å²) in [7, 11) is -5.44. The van der Waals surface area contributed by atoms with E-state index in [2.05, 4.69) is 23.8 Å². The fourth-order valence-electron chi connectivity index (χ4n) is 2.62. The monoisotopic (exact) mass is 523 g/mol. The SMILES string of the molecule is Nc1ncnc2c1ncn2C1OC(COP(=O)(O)SP(=O)(O)OP(=O)(O)O)C(O)C1O. The molecule has 2 aromatic heterocycles. The second kappa shape index (κ2) is 8.76. The number of imidazole rings is 1. The van der Waals surface area contributed by atoms with Gasteiger partial charge in [0.1, 0.15) is 30.2 Å². The van der Waals surface area contributed by atoms with Gasteiger partial charge in [-0.05, 0) is 0 Å². The zero-order chi connectivity index (χ0) is 23.2. The van der Waals surface area contributed by atoms with Crippen molar-refractivity contribution >= 4 is 49.4 Å². The number of aromatic nitrogens is 4. The first-order valence-corrected chi connectivity index (χ1v) is 14.6. The largest absolute Gasteiger partial charge is 0.477 e. The van der Waals surface area contributed by atoms with Crippen LogP contribution >= 0.6 is 32.4 Å². The number of aliphatic hydroxyl groups excluding tert-OH is 2. The number of nitrogens with two attached hydrogens (primary N) is 1. The number of anilines is 1. The average Bonchev–Trinajstić information content (AvgIpc) is 3.13. The number of phosphoric acid groups is 1. The smallest absolute Gasteiger partial charge is 0.387 e. The van der Waals surface area contributed by atoms with Crippen LogP contribution in [0.15, 0.2) is 12.7 Å². The third-order valence-corrected chi connectivity index (χ3v) is 12.2. The molecule has 3 heterocycles. The predicted molar refractivity (Wildman–Crippen MR) is 102 cm³/mol. The second-order valence-electron chi connectivity index (χ2n) is 6.02. The minimum Gasteiger partial charge on any atom is -0.387 e. The fraction of sp³-hybridized carbons (Fsp3) is 0.500. The lowest BCUT2D eigenvalue weighted by Gasteiger charge is -2.18. The second-order valence-corrected chi connectivity index (χ2v) is 14.7. The molecule has 8 N–H and O–H groups in total. The zero-order valence-electron chi connectivity index (χ0n) is 14.9. The number of nitrogen functional groups attached to an aromatic ring is 1. The highest BCUT2D eigenvalue weighted by molar-refractivity contribution is 8.84. The lowest BCUT2D eigenvalue weighted by molar-refractivity contribution is -0.0478. The number of ether oxygens (including phenoxy) is 1. The first-order valence-electron chi connectivity index (χ1n) is 7.92. The van der Waals surface area contributed by atoms with E-state index >= 15 is 0 Å². The van der Waals surface area contributed by atoms with Gasteiger partial charge in [0.2, 0.25) is 0 Å². The summed E-state index contributed by atoms with van der Waals surface area (Å²) in [5, 5.41) is 20.5. The van der Waals surface area contributed by atoms with Crippen molar-refractivity contribution in [1.82, 2.24) is 19.5 Å². The molecule has 1 fully saturated rings. The highest BCUT2D eigenvalue weighted by atomic mass is 33.1. The van der Waals surface area contributed by atoms with E-state index in [0.29, 0.717) is 0 Å². The minimum atomic E-state index is -5.44. The van der Waals surface area contributed by atoms with Gasteiger partial charge < -0.3 is 40.3 Å². The summed E-state index contributed by atoms with van der Waals surface area (Å²) in [6, 6.07) is 0. The molecule has 0 aromatic carbocycles. The van der Waals surface area contributed by atoms with E-state index in [1.807, 2.05) is 0 Å². The maximum atomic E-state index is 12.0. The fourth-order valence-corrected chi connectivity index (χ4v) is 10.2.